The van der Waals surface area contributed by atoms with Gasteiger partial charge in [0.05, 0.1) is 0 Å². The van der Waals surface area contributed by atoms with Crippen molar-refractivity contribution in [3.05, 3.63) is 23.8 Å². The summed E-state index contributed by atoms with van der Waals surface area (Å²) < 4.78 is 0. The first-order valence-corrected chi connectivity index (χ1v) is 5.87. The summed E-state index contributed by atoms with van der Waals surface area (Å²) in [6.45, 7) is 4.06. The third-order valence-electron chi connectivity index (χ3n) is 2.61. The molecule has 1 rings (SSSR count). The van der Waals surface area contributed by atoms with E-state index in [2.05, 4.69) is 12.2 Å². The summed E-state index contributed by atoms with van der Waals surface area (Å²) in [4.78, 5) is 11.8. The normalized spacial score (nSPS) is 12.1. The fraction of sp³-hybridized carbons (Fsp3) is 0.462. The zero-order valence-electron chi connectivity index (χ0n) is 10.2. The molecule has 0 aliphatic heterocycles. The fourth-order valence-corrected chi connectivity index (χ4v) is 1.55. The Morgan fingerprint density at radius 3 is 2.65 bits per heavy atom. The highest BCUT2D eigenvalue weighted by Crippen LogP contribution is 2.24. The lowest BCUT2D eigenvalue weighted by molar-refractivity contribution is 0.0937. The Kier molecular flexibility index (Phi) is 4.82. The van der Waals surface area contributed by atoms with Gasteiger partial charge in [0.1, 0.15) is 0 Å². The van der Waals surface area contributed by atoms with Crippen LogP contribution in [-0.2, 0) is 0 Å². The first kappa shape index (κ1) is 13.4. The fourth-order valence-electron chi connectivity index (χ4n) is 1.55. The van der Waals surface area contributed by atoms with Gasteiger partial charge in [-0.15, -0.1) is 0 Å². The molecule has 0 saturated heterocycles. The van der Waals surface area contributed by atoms with Crippen LogP contribution in [0.3, 0.4) is 0 Å². The van der Waals surface area contributed by atoms with Crippen LogP contribution in [0.2, 0.25) is 0 Å². The Bertz CT molecular complexity index is 390. The van der Waals surface area contributed by atoms with Crippen molar-refractivity contribution in [2.75, 3.05) is 0 Å². The van der Waals surface area contributed by atoms with Gasteiger partial charge in [-0.05, 0) is 31.5 Å². The van der Waals surface area contributed by atoms with Crippen molar-refractivity contribution in [1.82, 2.24) is 5.32 Å². The predicted molar refractivity (Wildman–Crippen MR) is 66.2 cm³/mol. The first-order chi connectivity index (χ1) is 8.04. The van der Waals surface area contributed by atoms with Crippen molar-refractivity contribution in [1.29, 1.82) is 0 Å². The molecule has 4 nitrogen and oxygen atoms in total. The summed E-state index contributed by atoms with van der Waals surface area (Å²) in [6, 6.07) is 4.16. The SMILES string of the molecule is CCCCC(C)NC(=O)c1ccc(O)c(O)c1. The van der Waals surface area contributed by atoms with Crippen LogP contribution in [0.4, 0.5) is 0 Å². The molecular formula is C13H19NO3. The zero-order chi connectivity index (χ0) is 12.8. The van der Waals surface area contributed by atoms with Crippen molar-refractivity contribution in [2.24, 2.45) is 0 Å². The summed E-state index contributed by atoms with van der Waals surface area (Å²) in [5, 5.41) is 21.3. The second-order valence-corrected chi connectivity index (χ2v) is 4.22. The quantitative estimate of drug-likeness (QED) is 0.689. The van der Waals surface area contributed by atoms with Crippen LogP contribution < -0.4 is 5.32 Å². The maximum absolute atomic E-state index is 11.8. The Morgan fingerprint density at radius 2 is 2.06 bits per heavy atom. The molecule has 94 valence electrons. The summed E-state index contributed by atoms with van der Waals surface area (Å²) in [5.41, 5.74) is 0.351. The standard InChI is InChI=1S/C13H19NO3/c1-3-4-5-9(2)14-13(17)10-6-7-11(15)12(16)8-10/h6-9,15-16H,3-5H2,1-2H3,(H,14,17). The molecule has 1 amide bonds. The summed E-state index contributed by atoms with van der Waals surface area (Å²) >= 11 is 0. The summed E-state index contributed by atoms with van der Waals surface area (Å²) in [7, 11) is 0. The molecule has 3 N–H and O–H groups in total. The van der Waals surface area contributed by atoms with Gasteiger partial charge in [-0.25, -0.2) is 0 Å². The number of benzene rings is 1. The minimum Gasteiger partial charge on any atom is -0.504 e. The van der Waals surface area contributed by atoms with E-state index in [0.29, 0.717) is 5.56 Å². The molecule has 0 saturated carbocycles. The number of carbonyl (C=O) groups excluding carboxylic acids is 1. The molecule has 0 aromatic heterocycles. The van der Waals surface area contributed by atoms with Gasteiger partial charge in [-0.3, -0.25) is 4.79 Å². The van der Waals surface area contributed by atoms with Crippen molar-refractivity contribution in [3.63, 3.8) is 0 Å². The van der Waals surface area contributed by atoms with Gasteiger partial charge in [0, 0.05) is 11.6 Å². The van der Waals surface area contributed by atoms with E-state index >= 15 is 0 Å². The Morgan fingerprint density at radius 1 is 1.35 bits per heavy atom. The van der Waals surface area contributed by atoms with Crippen molar-refractivity contribution >= 4 is 5.91 Å². The number of amides is 1. The third-order valence-corrected chi connectivity index (χ3v) is 2.61. The molecular weight excluding hydrogens is 218 g/mol. The summed E-state index contributed by atoms with van der Waals surface area (Å²) in [5.74, 6) is -0.733. The van der Waals surface area contributed by atoms with E-state index in [1.807, 2.05) is 6.92 Å². The molecule has 17 heavy (non-hydrogen) atoms. The van der Waals surface area contributed by atoms with Crippen molar-refractivity contribution in [2.45, 2.75) is 39.2 Å². The molecule has 4 heteroatoms. The molecule has 1 unspecified atom stereocenters. The van der Waals surface area contributed by atoms with E-state index in [-0.39, 0.29) is 23.4 Å². The minimum absolute atomic E-state index is 0.110. The number of rotatable bonds is 5. The smallest absolute Gasteiger partial charge is 0.251 e. The molecule has 0 fully saturated rings. The first-order valence-electron chi connectivity index (χ1n) is 5.87. The highest BCUT2D eigenvalue weighted by molar-refractivity contribution is 5.95. The molecule has 0 spiro atoms. The van der Waals surface area contributed by atoms with Gasteiger partial charge < -0.3 is 15.5 Å². The number of carbonyl (C=O) groups is 1. The molecule has 0 heterocycles. The number of phenols is 2. The number of unbranched alkanes of at least 4 members (excludes halogenated alkanes) is 1. The molecule has 0 aliphatic rings. The number of hydrogen-bond donors (Lipinski definition) is 3. The van der Waals surface area contributed by atoms with Crippen LogP contribution in [0.1, 0.15) is 43.5 Å². The molecule has 0 aliphatic carbocycles. The van der Waals surface area contributed by atoms with E-state index in [1.54, 1.807) is 0 Å². The van der Waals surface area contributed by atoms with E-state index in [4.69, 9.17) is 5.11 Å². The van der Waals surface area contributed by atoms with Gasteiger partial charge >= 0.3 is 0 Å². The predicted octanol–water partition coefficient (Wildman–Crippen LogP) is 2.41. The van der Waals surface area contributed by atoms with Crippen LogP contribution in [0.5, 0.6) is 11.5 Å². The maximum atomic E-state index is 11.8. The summed E-state index contributed by atoms with van der Waals surface area (Å²) in [6.07, 6.45) is 3.11. The van der Waals surface area contributed by atoms with Gasteiger partial charge in [0.2, 0.25) is 0 Å². The lowest BCUT2D eigenvalue weighted by Gasteiger charge is -2.13. The third kappa shape index (κ3) is 3.98. The van der Waals surface area contributed by atoms with Gasteiger partial charge in [0.15, 0.2) is 11.5 Å². The lowest BCUT2D eigenvalue weighted by Crippen LogP contribution is -2.32. The number of hydrogen-bond acceptors (Lipinski definition) is 3. The van der Waals surface area contributed by atoms with E-state index in [1.165, 1.54) is 18.2 Å². The topological polar surface area (TPSA) is 69.6 Å². The largest absolute Gasteiger partial charge is 0.504 e. The van der Waals surface area contributed by atoms with E-state index in [9.17, 15) is 9.90 Å². The highest BCUT2D eigenvalue weighted by Gasteiger charge is 2.11. The zero-order valence-corrected chi connectivity index (χ0v) is 10.2. The van der Waals surface area contributed by atoms with Gasteiger partial charge in [0.25, 0.3) is 5.91 Å². The lowest BCUT2D eigenvalue weighted by atomic mass is 10.1. The number of nitrogens with one attached hydrogen (secondary N) is 1. The van der Waals surface area contributed by atoms with Gasteiger partial charge in [-0.2, -0.15) is 0 Å². The average Bonchev–Trinajstić information content (AvgIpc) is 2.30. The molecule has 1 atom stereocenters. The van der Waals surface area contributed by atoms with Crippen molar-refractivity contribution in [3.8, 4) is 11.5 Å². The molecule has 1 aromatic rings. The van der Waals surface area contributed by atoms with Crippen molar-refractivity contribution < 1.29 is 15.0 Å². The van der Waals surface area contributed by atoms with E-state index < -0.39 is 0 Å². The van der Waals surface area contributed by atoms with Crippen LogP contribution in [-0.4, -0.2) is 22.2 Å². The minimum atomic E-state index is -0.279. The monoisotopic (exact) mass is 237 g/mol. The molecule has 0 radical (unpaired) electrons. The van der Waals surface area contributed by atoms with E-state index in [0.717, 1.165) is 19.3 Å². The Labute approximate surface area is 101 Å². The number of aromatic hydroxyl groups is 2. The Hall–Kier alpha value is -1.71. The average molecular weight is 237 g/mol. The molecule has 0 bridgehead atoms. The van der Waals surface area contributed by atoms with Crippen LogP contribution in [0, 0.1) is 0 Å². The van der Waals surface area contributed by atoms with Crippen LogP contribution in [0.25, 0.3) is 0 Å². The Balaban J connectivity index is 2.60. The maximum Gasteiger partial charge on any atom is 0.251 e. The number of phenolic OH excluding ortho intramolecular Hbond substituents is 2. The molecule has 1 aromatic carbocycles. The second kappa shape index (κ2) is 6.13. The second-order valence-electron chi connectivity index (χ2n) is 4.22. The van der Waals surface area contributed by atoms with Gasteiger partial charge in [-0.1, -0.05) is 19.8 Å². The highest BCUT2D eigenvalue weighted by atomic mass is 16.3. The van der Waals surface area contributed by atoms with Crippen LogP contribution in [0.15, 0.2) is 18.2 Å². The van der Waals surface area contributed by atoms with Crippen LogP contribution >= 0.6 is 0 Å².